The maximum Gasteiger partial charge on any atom is 0.490 e. The second-order valence-electron chi connectivity index (χ2n) is 8.32. The van der Waals surface area contributed by atoms with Gasteiger partial charge in [0.2, 0.25) is 10.0 Å². The molecule has 0 aliphatic heterocycles. The minimum atomic E-state index is -5.08. The number of rotatable bonds is 7. The van der Waals surface area contributed by atoms with E-state index >= 15 is 0 Å². The van der Waals surface area contributed by atoms with Crippen molar-refractivity contribution in [1.29, 1.82) is 0 Å². The van der Waals surface area contributed by atoms with E-state index in [1.807, 2.05) is 13.8 Å². The lowest BCUT2D eigenvalue weighted by atomic mass is 10.1. The van der Waals surface area contributed by atoms with Crippen LogP contribution in [0.15, 0.2) is 35.4 Å². The number of anilines is 3. The first-order valence-electron chi connectivity index (χ1n) is 11.1. The van der Waals surface area contributed by atoms with Gasteiger partial charge in [-0.3, -0.25) is 14.1 Å². The molecule has 3 aromatic rings. The zero-order chi connectivity index (χ0) is 29.0. The molecule has 3 N–H and O–H groups in total. The fourth-order valence-electron chi connectivity index (χ4n) is 3.25. The van der Waals surface area contributed by atoms with Crippen molar-refractivity contribution < 1.29 is 35.9 Å². The van der Waals surface area contributed by atoms with E-state index in [0.29, 0.717) is 28.6 Å². The normalized spacial score (nSPS) is 11.7. The zero-order valence-corrected chi connectivity index (χ0v) is 22.2. The summed E-state index contributed by atoms with van der Waals surface area (Å²) in [6, 6.07) is 5.67. The maximum absolute atomic E-state index is 14.6. The maximum atomic E-state index is 14.6. The predicted molar refractivity (Wildman–Crippen MR) is 137 cm³/mol. The Labute approximate surface area is 220 Å². The quantitative estimate of drug-likeness (QED) is 0.310. The highest BCUT2D eigenvalue weighted by molar-refractivity contribution is 7.92. The third-order valence-corrected chi connectivity index (χ3v) is 6.97. The van der Waals surface area contributed by atoms with Crippen molar-refractivity contribution in [1.82, 2.24) is 9.55 Å². The van der Waals surface area contributed by atoms with Crippen LogP contribution in [0.25, 0.3) is 10.9 Å². The van der Waals surface area contributed by atoms with Gasteiger partial charge in [0.05, 0.1) is 39.4 Å². The van der Waals surface area contributed by atoms with Crippen molar-refractivity contribution in [3.8, 4) is 0 Å². The molecule has 0 aliphatic carbocycles. The number of nitrogens with zero attached hydrogens (tertiary/aromatic N) is 2. The summed E-state index contributed by atoms with van der Waals surface area (Å²) < 4.78 is 74.4. The van der Waals surface area contributed by atoms with Crippen LogP contribution in [0, 0.1) is 12.7 Å². The number of carboxylic acids is 1. The van der Waals surface area contributed by atoms with Crippen LogP contribution in [0.4, 0.5) is 34.6 Å². The van der Waals surface area contributed by atoms with Crippen LogP contribution in [0.5, 0.6) is 0 Å². The third-order valence-electron chi connectivity index (χ3n) is 5.10. The minimum absolute atomic E-state index is 0.0693. The van der Waals surface area contributed by atoms with Crippen molar-refractivity contribution in [2.75, 3.05) is 15.8 Å². The number of hydrogen-bond donors (Lipinski definition) is 3. The molecule has 15 heteroatoms. The Bertz CT molecular complexity index is 1510. The van der Waals surface area contributed by atoms with Gasteiger partial charge < -0.3 is 10.4 Å². The molecule has 0 bridgehead atoms. The van der Waals surface area contributed by atoms with E-state index in [2.05, 4.69) is 15.0 Å². The van der Waals surface area contributed by atoms with Crippen LogP contribution in [-0.2, 0) is 14.8 Å². The number of alkyl halides is 3. The highest BCUT2D eigenvalue weighted by Crippen LogP contribution is 2.36. The van der Waals surface area contributed by atoms with Crippen LogP contribution in [0.3, 0.4) is 0 Å². The average Bonchev–Trinajstić information content (AvgIpc) is 2.79. The summed E-state index contributed by atoms with van der Waals surface area (Å²) in [5.74, 6) is -3.50. The van der Waals surface area contributed by atoms with Crippen molar-refractivity contribution in [3.63, 3.8) is 0 Å². The lowest BCUT2D eigenvalue weighted by Crippen LogP contribution is -2.23. The van der Waals surface area contributed by atoms with Crippen LogP contribution >= 0.6 is 11.6 Å². The number of aryl methyl sites for hydroxylation is 1. The van der Waals surface area contributed by atoms with E-state index in [-0.39, 0.29) is 33.8 Å². The molecular weight excluding hydrogens is 556 g/mol. The van der Waals surface area contributed by atoms with Crippen LogP contribution in [0.1, 0.15) is 38.8 Å². The molecule has 0 atom stereocenters. The summed E-state index contributed by atoms with van der Waals surface area (Å²) in [7, 11) is -3.60. The van der Waals surface area contributed by atoms with Gasteiger partial charge in [0, 0.05) is 11.7 Å². The number of carboxylic acid groups (broad SMARTS) is 1. The Morgan fingerprint density at radius 1 is 1.18 bits per heavy atom. The lowest BCUT2D eigenvalue weighted by molar-refractivity contribution is -0.192. The monoisotopic (exact) mass is 580 g/mol. The van der Waals surface area contributed by atoms with Gasteiger partial charge in [0.25, 0.3) is 5.56 Å². The average molecular weight is 581 g/mol. The number of benzene rings is 2. The molecule has 0 radical (unpaired) electrons. The van der Waals surface area contributed by atoms with Crippen molar-refractivity contribution in [2.45, 2.75) is 46.3 Å². The van der Waals surface area contributed by atoms with Gasteiger partial charge >= 0.3 is 12.1 Å². The summed E-state index contributed by atoms with van der Waals surface area (Å²) in [6.07, 6.45) is -3.15. The molecule has 0 fully saturated rings. The Hall–Kier alpha value is -3.39. The number of halogens is 5. The fraction of sp³-hybridized carbons (Fsp3) is 0.348. The molecule has 3 rings (SSSR count). The number of nitrogens with one attached hydrogen (secondary N) is 2. The standard InChI is InChI=1S/C21H24ClFN4O3S.C2HF3O2/c1-5-10-31(29,30)26-17-7-6-14(23)20(19(17)22)25-15-8-9-16-18(13(15)4)21(28)27(11-24-16)12(2)3;3-2(4,5)1(6)7/h6-9,11-12,25-26H,5,10H2,1-4H3;(H,6,7). The van der Waals surface area contributed by atoms with Crippen molar-refractivity contribution >= 4 is 55.6 Å². The number of aliphatic carboxylic acids is 1. The molecule has 0 saturated heterocycles. The van der Waals surface area contributed by atoms with Gasteiger partial charge in [-0.2, -0.15) is 13.2 Å². The molecule has 38 heavy (non-hydrogen) atoms. The van der Waals surface area contributed by atoms with Crippen LogP contribution in [-0.4, -0.2) is 41.0 Å². The molecule has 2 aromatic carbocycles. The Balaban J connectivity index is 0.000000638. The van der Waals surface area contributed by atoms with Gasteiger partial charge in [0.1, 0.15) is 5.82 Å². The molecule has 0 spiro atoms. The van der Waals surface area contributed by atoms with Crippen LogP contribution in [0.2, 0.25) is 5.02 Å². The van der Waals surface area contributed by atoms with Gasteiger partial charge in [0.15, 0.2) is 0 Å². The third kappa shape index (κ3) is 7.34. The Kier molecular flexibility index (Phi) is 9.72. The summed E-state index contributed by atoms with van der Waals surface area (Å²) >= 11 is 6.33. The van der Waals surface area contributed by atoms with Crippen LogP contribution < -0.4 is 15.6 Å². The molecule has 0 amide bonds. The van der Waals surface area contributed by atoms with Crippen molar-refractivity contribution in [2.24, 2.45) is 0 Å². The molecule has 0 aliphatic rings. The molecule has 0 unspecified atom stereocenters. The van der Waals surface area contributed by atoms with Gasteiger partial charge in [-0.15, -0.1) is 0 Å². The summed E-state index contributed by atoms with van der Waals surface area (Å²) in [4.78, 5) is 26.2. The largest absolute Gasteiger partial charge is 0.490 e. The number of hydrogen-bond acceptors (Lipinski definition) is 6. The first-order valence-corrected chi connectivity index (χ1v) is 13.1. The van der Waals surface area contributed by atoms with E-state index < -0.39 is 28.0 Å². The summed E-state index contributed by atoms with van der Waals surface area (Å²) in [5.41, 5.74) is 1.35. The molecule has 0 saturated carbocycles. The minimum Gasteiger partial charge on any atom is -0.475 e. The molecule has 1 aromatic heterocycles. The van der Waals surface area contributed by atoms with E-state index in [0.717, 1.165) is 6.07 Å². The second kappa shape index (κ2) is 12.0. The highest BCUT2D eigenvalue weighted by atomic mass is 35.5. The number of fused-ring (bicyclic) bond motifs is 1. The molecule has 208 valence electrons. The number of aromatic nitrogens is 2. The second-order valence-corrected chi connectivity index (χ2v) is 10.5. The molecule has 1 heterocycles. The highest BCUT2D eigenvalue weighted by Gasteiger charge is 2.38. The number of sulfonamides is 1. The number of carbonyl (C=O) groups is 1. The van der Waals surface area contributed by atoms with Gasteiger partial charge in [-0.05, 0) is 57.0 Å². The topological polar surface area (TPSA) is 130 Å². The first-order chi connectivity index (χ1) is 17.5. The first kappa shape index (κ1) is 30.8. The fourth-order valence-corrected chi connectivity index (χ4v) is 4.70. The van der Waals surface area contributed by atoms with Crippen molar-refractivity contribution in [3.05, 3.63) is 57.3 Å². The summed E-state index contributed by atoms with van der Waals surface area (Å²) in [6.45, 7) is 7.24. The van der Waals surface area contributed by atoms with Gasteiger partial charge in [-0.25, -0.2) is 22.6 Å². The predicted octanol–water partition coefficient (Wildman–Crippen LogP) is 5.61. The van der Waals surface area contributed by atoms with E-state index in [4.69, 9.17) is 21.5 Å². The SMILES string of the molecule is CCCS(=O)(=O)Nc1ccc(F)c(Nc2ccc3ncn(C(C)C)c(=O)c3c2C)c1Cl.O=C(O)C(F)(F)F. The summed E-state index contributed by atoms with van der Waals surface area (Å²) in [5, 5.41) is 10.4. The van der Waals surface area contributed by atoms with E-state index in [1.165, 1.54) is 17.0 Å². The Morgan fingerprint density at radius 2 is 1.76 bits per heavy atom. The van der Waals surface area contributed by atoms with Gasteiger partial charge in [-0.1, -0.05) is 18.5 Å². The van der Waals surface area contributed by atoms with E-state index in [9.17, 15) is 30.8 Å². The molecular formula is C23H25ClF4N4O5S. The zero-order valence-electron chi connectivity index (χ0n) is 20.7. The molecule has 9 nitrogen and oxygen atoms in total. The Morgan fingerprint density at radius 3 is 2.29 bits per heavy atom. The lowest BCUT2D eigenvalue weighted by Gasteiger charge is -2.17. The smallest absolute Gasteiger partial charge is 0.475 e. The van der Waals surface area contributed by atoms with E-state index in [1.54, 1.807) is 26.0 Å².